The summed E-state index contributed by atoms with van der Waals surface area (Å²) in [5.41, 5.74) is 1.53. The third-order valence-electron chi connectivity index (χ3n) is 4.43. The predicted molar refractivity (Wildman–Crippen MR) is 111 cm³/mol. The van der Waals surface area contributed by atoms with Gasteiger partial charge in [0.1, 0.15) is 18.2 Å². The first-order valence-corrected chi connectivity index (χ1v) is 10.5. The van der Waals surface area contributed by atoms with Crippen molar-refractivity contribution in [1.29, 1.82) is 0 Å². The van der Waals surface area contributed by atoms with Gasteiger partial charge in [-0.25, -0.2) is 9.38 Å². The summed E-state index contributed by atoms with van der Waals surface area (Å²) in [4.78, 5) is 4.64. The van der Waals surface area contributed by atoms with Crippen molar-refractivity contribution in [1.82, 2.24) is 25.4 Å². The molecule has 1 atom stereocenters. The molecule has 2 rings (SSSR count). The summed E-state index contributed by atoms with van der Waals surface area (Å²) in [6, 6.07) is 5.24. The highest BCUT2D eigenvalue weighted by molar-refractivity contribution is 7.98. The zero-order valence-electron chi connectivity index (χ0n) is 16.7. The zero-order valence-corrected chi connectivity index (χ0v) is 17.5. The molecule has 8 heteroatoms. The van der Waals surface area contributed by atoms with E-state index in [2.05, 4.69) is 32.1 Å². The Morgan fingerprint density at radius 2 is 2.11 bits per heavy atom. The van der Waals surface area contributed by atoms with Crippen LogP contribution in [0.4, 0.5) is 4.39 Å². The highest BCUT2D eigenvalue weighted by Gasteiger charge is 2.11. The van der Waals surface area contributed by atoms with Gasteiger partial charge in [0, 0.05) is 13.6 Å². The average molecular weight is 393 g/mol. The molecule has 1 aromatic carbocycles. The van der Waals surface area contributed by atoms with Crippen LogP contribution in [0.1, 0.15) is 42.2 Å². The van der Waals surface area contributed by atoms with E-state index in [-0.39, 0.29) is 11.9 Å². The molecule has 6 nitrogen and oxygen atoms in total. The van der Waals surface area contributed by atoms with Crippen LogP contribution in [0.3, 0.4) is 0 Å². The molecule has 0 spiro atoms. The van der Waals surface area contributed by atoms with Crippen molar-refractivity contribution in [2.75, 3.05) is 18.6 Å². The number of aliphatic imine (C=N–C) groups is 1. The standard InChI is InChI=1S/C19H29FN6S/c1-13-7-8-16(11-17(13)20)14(2)23-19(21-9-6-10-27-5)22-12-18-25-24-15(3)26(18)4/h7-8,11,14H,6,9-10,12H2,1-5H3,(H2,21,22,23). The predicted octanol–water partition coefficient (Wildman–Crippen LogP) is 3.12. The molecule has 0 amide bonds. The van der Waals surface area contributed by atoms with Gasteiger partial charge in [-0.3, -0.25) is 0 Å². The van der Waals surface area contributed by atoms with Crippen molar-refractivity contribution in [3.8, 4) is 0 Å². The van der Waals surface area contributed by atoms with Gasteiger partial charge in [0.15, 0.2) is 11.8 Å². The van der Waals surface area contributed by atoms with Gasteiger partial charge in [0.2, 0.25) is 0 Å². The number of hydrogen-bond acceptors (Lipinski definition) is 4. The van der Waals surface area contributed by atoms with E-state index in [9.17, 15) is 4.39 Å². The number of thioether (sulfide) groups is 1. The molecule has 27 heavy (non-hydrogen) atoms. The second-order valence-corrected chi connectivity index (χ2v) is 7.52. The number of nitrogens with one attached hydrogen (secondary N) is 2. The summed E-state index contributed by atoms with van der Waals surface area (Å²) >= 11 is 1.82. The Balaban J connectivity index is 2.09. The molecule has 2 aromatic rings. The summed E-state index contributed by atoms with van der Waals surface area (Å²) in [6.07, 6.45) is 3.14. The fraction of sp³-hybridized carbons (Fsp3) is 0.526. The van der Waals surface area contributed by atoms with E-state index in [0.29, 0.717) is 18.1 Å². The lowest BCUT2D eigenvalue weighted by Crippen LogP contribution is -2.39. The number of nitrogens with zero attached hydrogens (tertiary/aromatic N) is 4. The van der Waals surface area contributed by atoms with Crippen LogP contribution in [-0.4, -0.2) is 39.3 Å². The van der Waals surface area contributed by atoms with Gasteiger partial charge in [-0.15, -0.1) is 10.2 Å². The topological polar surface area (TPSA) is 67.1 Å². The molecule has 1 aromatic heterocycles. The molecule has 0 aliphatic rings. The van der Waals surface area contributed by atoms with Crippen molar-refractivity contribution < 1.29 is 4.39 Å². The summed E-state index contributed by atoms with van der Waals surface area (Å²) in [7, 11) is 1.93. The Hall–Kier alpha value is -2.09. The van der Waals surface area contributed by atoms with E-state index in [4.69, 9.17) is 0 Å². The van der Waals surface area contributed by atoms with Crippen LogP contribution in [0.5, 0.6) is 0 Å². The molecule has 0 bridgehead atoms. The number of aryl methyl sites for hydroxylation is 2. The second-order valence-electron chi connectivity index (χ2n) is 6.54. The van der Waals surface area contributed by atoms with Crippen LogP contribution < -0.4 is 10.6 Å². The maximum absolute atomic E-state index is 13.9. The number of guanidine groups is 1. The molecule has 1 unspecified atom stereocenters. The van der Waals surface area contributed by atoms with E-state index in [1.807, 2.05) is 43.3 Å². The molecule has 2 N–H and O–H groups in total. The normalized spacial score (nSPS) is 12.9. The maximum Gasteiger partial charge on any atom is 0.192 e. The lowest BCUT2D eigenvalue weighted by atomic mass is 10.1. The number of rotatable bonds is 8. The van der Waals surface area contributed by atoms with E-state index in [1.54, 1.807) is 19.1 Å². The molecule has 1 heterocycles. The highest BCUT2D eigenvalue weighted by atomic mass is 32.2. The smallest absolute Gasteiger partial charge is 0.192 e. The fourth-order valence-electron chi connectivity index (χ4n) is 2.48. The first kappa shape index (κ1) is 21.2. The lowest BCUT2D eigenvalue weighted by molar-refractivity contribution is 0.607. The van der Waals surface area contributed by atoms with E-state index < -0.39 is 0 Å². The first-order valence-electron chi connectivity index (χ1n) is 9.07. The SMILES string of the molecule is CSCCCNC(=NCc1nnc(C)n1C)NC(C)c1ccc(C)c(F)c1. The van der Waals surface area contributed by atoms with Crippen molar-refractivity contribution in [2.24, 2.45) is 12.0 Å². The van der Waals surface area contributed by atoms with Gasteiger partial charge in [-0.1, -0.05) is 12.1 Å². The van der Waals surface area contributed by atoms with E-state index >= 15 is 0 Å². The summed E-state index contributed by atoms with van der Waals surface area (Å²) in [5.74, 6) is 3.23. The molecule has 0 aliphatic heterocycles. The fourth-order valence-corrected chi connectivity index (χ4v) is 2.91. The van der Waals surface area contributed by atoms with Gasteiger partial charge >= 0.3 is 0 Å². The van der Waals surface area contributed by atoms with Crippen molar-refractivity contribution in [3.05, 3.63) is 46.8 Å². The molecule has 0 aliphatic carbocycles. The average Bonchev–Trinajstić information content (AvgIpc) is 2.97. The molecule has 148 valence electrons. The minimum Gasteiger partial charge on any atom is -0.356 e. The highest BCUT2D eigenvalue weighted by Crippen LogP contribution is 2.16. The lowest BCUT2D eigenvalue weighted by Gasteiger charge is -2.19. The van der Waals surface area contributed by atoms with Crippen molar-refractivity contribution >= 4 is 17.7 Å². The minimum absolute atomic E-state index is 0.0758. The summed E-state index contributed by atoms with van der Waals surface area (Å²) in [6.45, 7) is 6.91. The van der Waals surface area contributed by atoms with Crippen LogP contribution in [-0.2, 0) is 13.6 Å². The minimum atomic E-state index is -0.192. The first-order chi connectivity index (χ1) is 12.9. The largest absolute Gasteiger partial charge is 0.356 e. The Morgan fingerprint density at radius 1 is 1.33 bits per heavy atom. The van der Waals surface area contributed by atoms with Crippen molar-refractivity contribution in [3.63, 3.8) is 0 Å². The van der Waals surface area contributed by atoms with Crippen LogP contribution in [0.15, 0.2) is 23.2 Å². The van der Waals surface area contributed by atoms with Gasteiger partial charge in [-0.05, 0) is 56.4 Å². The zero-order chi connectivity index (χ0) is 19.8. The van der Waals surface area contributed by atoms with Gasteiger partial charge in [0.05, 0.1) is 6.04 Å². The van der Waals surface area contributed by atoms with Crippen molar-refractivity contribution in [2.45, 2.75) is 39.8 Å². The number of hydrogen-bond donors (Lipinski definition) is 2. The summed E-state index contributed by atoms with van der Waals surface area (Å²) < 4.78 is 15.8. The third kappa shape index (κ3) is 6.23. The van der Waals surface area contributed by atoms with E-state index in [0.717, 1.165) is 35.9 Å². The quantitative estimate of drug-likeness (QED) is 0.410. The maximum atomic E-state index is 13.9. The molecule has 0 saturated heterocycles. The van der Waals surface area contributed by atoms with Crippen LogP contribution >= 0.6 is 11.8 Å². The Kier molecular flexibility index (Phi) is 8.09. The Labute approximate surface area is 165 Å². The number of halogens is 1. The Bertz CT molecular complexity index is 774. The van der Waals surface area contributed by atoms with E-state index in [1.165, 1.54) is 0 Å². The molecular formula is C19H29FN6S. The number of aromatic nitrogens is 3. The Morgan fingerprint density at radius 3 is 2.74 bits per heavy atom. The van der Waals surface area contributed by atoms with Gasteiger partial charge in [-0.2, -0.15) is 11.8 Å². The number of benzene rings is 1. The molecule has 0 radical (unpaired) electrons. The second kappa shape index (κ2) is 10.3. The third-order valence-corrected chi connectivity index (χ3v) is 5.13. The molecule has 0 fully saturated rings. The van der Waals surface area contributed by atoms with Crippen LogP contribution in [0.2, 0.25) is 0 Å². The monoisotopic (exact) mass is 392 g/mol. The van der Waals surface area contributed by atoms with Gasteiger partial charge in [0.25, 0.3) is 0 Å². The summed E-state index contributed by atoms with van der Waals surface area (Å²) in [5, 5.41) is 14.9. The molecule has 0 saturated carbocycles. The van der Waals surface area contributed by atoms with Crippen LogP contribution in [0.25, 0.3) is 0 Å². The van der Waals surface area contributed by atoms with Crippen LogP contribution in [0, 0.1) is 19.7 Å². The van der Waals surface area contributed by atoms with Gasteiger partial charge < -0.3 is 15.2 Å². The molecular weight excluding hydrogens is 363 g/mol.